The summed E-state index contributed by atoms with van der Waals surface area (Å²) < 4.78 is 0. The number of carbonyl (C=O) groups excluding carboxylic acids is 1. The van der Waals surface area contributed by atoms with Gasteiger partial charge < -0.3 is 5.32 Å². The van der Waals surface area contributed by atoms with E-state index in [-0.39, 0.29) is 5.91 Å². The van der Waals surface area contributed by atoms with E-state index in [0.29, 0.717) is 17.0 Å². The summed E-state index contributed by atoms with van der Waals surface area (Å²) >= 11 is 0. The molecule has 0 aliphatic carbocycles. The van der Waals surface area contributed by atoms with E-state index < -0.39 is 0 Å². The molecule has 3 N–H and O–H groups in total. The molecule has 1 aromatic carbocycles. The lowest BCUT2D eigenvalue weighted by Crippen LogP contribution is -2.13. The fourth-order valence-electron chi connectivity index (χ4n) is 2.62. The first-order valence-electron chi connectivity index (χ1n) is 7.77. The third kappa shape index (κ3) is 2.65. The van der Waals surface area contributed by atoms with Crippen LogP contribution in [-0.4, -0.2) is 31.3 Å². The van der Waals surface area contributed by atoms with Gasteiger partial charge in [0.15, 0.2) is 5.65 Å². The number of nitrogens with one attached hydrogen (secondary N) is 3. The molecule has 25 heavy (non-hydrogen) atoms. The number of aryl methyl sites for hydroxylation is 1. The topological polar surface area (TPSA) is 99.4 Å². The van der Waals surface area contributed by atoms with Crippen molar-refractivity contribution in [1.82, 2.24) is 25.4 Å². The van der Waals surface area contributed by atoms with Gasteiger partial charge in [-0.3, -0.25) is 15.0 Å². The fourth-order valence-corrected chi connectivity index (χ4v) is 2.62. The van der Waals surface area contributed by atoms with E-state index in [2.05, 4.69) is 36.8 Å². The average molecular weight is 331 g/mol. The van der Waals surface area contributed by atoms with Gasteiger partial charge in [-0.1, -0.05) is 24.3 Å². The Balaban J connectivity index is 1.69. The largest absolute Gasteiger partial charge is 0.319 e. The molecule has 1 radical (unpaired) electrons. The van der Waals surface area contributed by atoms with Crippen LogP contribution in [0.1, 0.15) is 21.7 Å². The molecular weight excluding hydrogens is 316 g/mol. The number of pyridine rings is 1. The predicted molar refractivity (Wildman–Crippen MR) is 94.2 cm³/mol. The molecule has 0 spiro atoms. The molecule has 0 fully saturated rings. The van der Waals surface area contributed by atoms with E-state index in [1.54, 1.807) is 6.20 Å². The highest BCUT2D eigenvalue weighted by Crippen LogP contribution is 2.26. The number of carbonyl (C=O) groups is 1. The minimum Gasteiger partial charge on any atom is -0.319 e. The van der Waals surface area contributed by atoms with Gasteiger partial charge in [0.2, 0.25) is 0 Å². The SMILES string of the molecule is Cc1n[nH]c(C(=O)Nc2cnc3[nH]nc(-c4[c]cccc4)c3c2)c1C. The number of aromatic nitrogens is 5. The Kier molecular flexibility index (Phi) is 3.53. The molecule has 3 aromatic heterocycles. The summed E-state index contributed by atoms with van der Waals surface area (Å²) in [5, 5.41) is 17.7. The Hall–Kier alpha value is -3.48. The quantitative estimate of drug-likeness (QED) is 0.537. The number of hydrogen-bond donors (Lipinski definition) is 3. The van der Waals surface area contributed by atoms with Crippen LogP contribution < -0.4 is 5.32 Å². The van der Waals surface area contributed by atoms with Crippen molar-refractivity contribution in [1.29, 1.82) is 0 Å². The molecule has 1 amide bonds. The van der Waals surface area contributed by atoms with Crippen molar-refractivity contribution in [2.75, 3.05) is 5.32 Å². The van der Waals surface area contributed by atoms with E-state index in [4.69, 9.17) is 0 Å². The summed E-state index contributed by atoms with van der Waals surface area (Å²) in [4.78, 5) is 16.8. The molecule has 0 saturated carbocycles. The third-order valence-corrected chi connectivity index (χ3v) is 4.12. The van der Waals surface area contributed by atoms with Crippen molar-refractivity contribution >= 4 is 22.6 Å². The lowest BCUT2D eigenvalue weighted by Gasteiger charge is -2.05. The Morgan fingerprint density at radius 2 is 2.08 bits per heavy atom. The monoisotopic (exact) mass is 331 g/mol. The summed E-state index contributed by atoms with van der Waals surface area (Å²) in [6.07, 6.45) is 1.59. The number of aromatic amines is 2. The standard InChI is InChI=1S/C18H15N6O/c1-10-11(2)21-22-15(10)18(25)20-13-8-14-16(12-6-4-3-5-7-12)23-24-17(14)19-9-13/h3-6,8-9H,1-2H3,(H,20,25)(H,21,22)(H,19,23,24). The summed E-state index contributed by atoms with van der Waals surface area (Å²) in [5.41, 5.74) is 4.92. The molecule has 4 rings (SSSR count). The summed E-state index contributed by atoms with van der Waals surface area (Å²) in [5.74, 6) is -0.254. The van der Waals surface area contributed by atoms with Crippen molar-refractivity contribution in [2.24, 2.45) is 0 Å². The van der Waals surface area contributed by atoms with Crippen molar-refractivity contribution in [2.45, 2.75) is 13.8 Å². The lowest BCUT2D eigenvalue weighted by atomic mass is 10.1. The van der Waals surface area contributed by atoms with Crippen LogP contribution in [0.3, 0.4) is 0 Å². The van der Waals surface area contributed by atoms with Gasteiger partial charge in [-0.2, -0.15) is 10.2 Å². The van der Waals surface area contributed by atoms with Crippen LogP contribution in [-0.2, 0) is 0 Å². The van der Waals surface area contributed by atoms with E-state index in [0.717, 1.165) is 27.9 Å². The van der Waals surface area contributed by atoms with Crippen LogP contribution in [0.15, 0.2) is 36.5 Å². The molecule has 4 aromatic rings. The highest BCUT2D eigenvalue weighted by atomic mass is 16.1. The van der Waals surface area contributed by atoms with Crippen molar-refractivity contribution < 1.29 is 4.79 Å². The molecule has 7 nitrogen and oxygen atoms in total. The Morgan fingerprint density at radius 3 is 2.80 bits per heavy atom. The summed E-state index contributed by atoms with van der Waals surface area (Å²) in [6.45, 7) is 3.71. The van der Waals surface area contributed by atoms with Gasteiger partial charge in [-0.05, 0) is 26.0 Å². The second kappa shape index (κ2) is 5.86. The number of fused-ring (bicyclic) bond motifs is 1. The second-order valence-corrected chi connectivity index (χ2v) is 5.73. The highest BCUT2D eigenvalue weighted by Gasteiger charge is 2.15. The van der Waals surface area contributed by atoms with Gasteiger partial charge in [0.1, 0.15) is 11.4 Å². The van der Waals surface area contributed by atoms with Gasteiger partial charge >= 0.3 is 0 Å². The molecule has 3 heterocycles. The molecule has 7 heteroatoms. The minimum atomic E-state index is -0.254. The predicted octanol–water partition coefficient (Wildman–Crippen LogP) is 3.02. The number of benzene rings is 1. The normalized spacial score (nSPS) is 11.0. The van der Waals surface area contributed by atoms with Crippen LogP contribution in [0.5, 0.6) is 0 Å². The molecule has 0 aliphatic rings. The first kappa shape index (κ1) is 15.1. The lowest BCUT2D eigenvalue weighted by molar-refractivity contribution is 0.102. The molecule has 123 valence electrons. The van der Waals surface area contributed by atoms with E-state index in [1.807, 2.05) is 44.2 Å². The van der Waals surface area contributed by atoms with Crippen LogP contribution in [0, 0.1) is 19.9 Å². The highest BCUT2D eigenvalue weighted by molar-refractivity contribution is 6.05. The van der Waals surface area contributed by atoms with Gasteiger partial charge in [0.05, 0.1) is 17.6 Å². The summed E-state index contributed by atoms with van der Waals surface area (Å²) in [7, 11) is 0. The number of nitrogens with zero attached hydrogens (tertiary/aromatic N) is 3. The fraction of sp³-hybridized carbons (Fsp3) is 0.111. The van der Waals surface area contributed by atoms with Crippen LogP contribution in [0.4, 0.5) is 5.69 Å². The Labute approximate surface area is 143 Å². The maximum Gasteiger partial charge on any atom is 0.273 e. The van der Waals surface area contributed by atoms with Gasteiger partial charge in [-0.25, -0.2) is 4.98 Å². The van der Waals surface area contributed by atoms with Gasteiger partial charge in [-0.15, -0.1) is 0 Å². The van der Waals surface area contributed by atoms with Crippen LogP contribution >= 0.6 is 0 Å². The van der Waals surface area contributed by atoms with Crippen molar-refractivity contribution in [3.05, 3.63) is 59.5 Å². The summed E-state index contributed by atoms with van der Waals surface area (Å²) in [6, 6.07) is 12.6. The zero-order chi connectivity index (χ0) is 17.4. The number of anilines is 1. The Bertz CT molecular complexity index is 1060. The average Bonchev–Trinajstić information content (AvgIpc) is 3.19. The van der Waals surface area contributed by atoms with Crippen molar-refractivity contribution in [3.8, 4) is 11.3 Å². The maximum atomic E-state index is 12.4. The number of H-pyrrole nitrogens is 2. The molecule has 0 bridgehead atoms. The van der Waals surface area contributed by atoms with E-state index in [9.17, 15) is 4.79 Å². The smallest absolute Gasteiger partial charge is 0.273 e. The molecule has 0 atom stereocenters. The van der Waals surface area contributed by atoms with E-state index in [1.165, 1.54) is 0 Å². The molecular formula is C18H15N6O. The van der Waals surface area contributed by atoms with E-state index >= 15 is 0 Å². The van der Waals surface area contributed by atoms with Crippen LogP contribution in [0.2, 0.25) is 0 Å². The maximum absolute atomic E-state index is 12.4. The van der Waals surface area contributed by atoms with Crippen molar-refractivity contribution in [3.63, 3.8) is 0 Å². The first-order valence-corrected chi connectivity index (χ1v) is 7.77. The Morgan fingerprint density at radius 1 is 1.20 bits per heavy atom. The number of hydrogen-bond acceptors (Lipinski definition) is 4. The third-order valence-electron chi connectivity index (χ3n) is 4.12. The molecule has 0 aliphatic heterocycles. The second-order valence-electron chi connectivity index (χ2n) is 5.73. The van der Waals surface area contributed by atoms with Crippen LogP contribution in [0.25, 0.3) is 22.3 Å². The number of amides is 1. The minimum absolute atomic E-state index is 0.254. The van der Waals surface area contributed by atoms with Gasteiger partial charge in [0, 0.05) is 16.5 Å². The van der Waals surface area contributed by atoms with Gasteiger partial charge in [0.25, 0.3) is 5.91 Å². The molecule has 0 saturated heterocycles. The molecule has 0 unspecified atom stereocenters. The number of rotatable bonds is 3. The zero-order valence-corrected chi connectivity index (χ0v) is 13.7. The first-order chi connectivity index (χ1) is 12.1. The zero-order valence-electron chi connectivity index (χ0n) is 13.7.